The SMILES string of the molecule is COC(=O)C(CC(C)C)Nc1nccs1. The van der Waals surface area contributed by atoms with Gasteiger partial charge in [0.25, 0.3) is 0 Å². The number of methoxy groups -OCH3 is 1. The summed E-state index contributed by atoms with van der Waals surface area (Å²) in [6.45, 7) is 4.14. The van der Waals surface area contributed by atoms with Crippen LogP contribution >= 0.6 is 11.3 Å². The van der Waals surface area contributed by atoms with Gasteiger partial charge in [0.1, 0.15) is 6.04 Å². The van der Waals surface area contributed by atoms with Crippen LogP contribution in [0.5, 0.6) is 0 Å². The van der Waals surface area contributed by atoms with Crippen LogP contribution in [0.15, 0.2) is 11.6 Å². The van der Waals surface area contributed by atoms with Gasteiger partial charge >= 0.3 is 5.97 Å². The van der Waals surface area contributed by atoms with Crippen LogP contribution in [0.1, 0.15) is 20.3 Å². The molecule has 1 aromatic heterocycles. The van der Waals surface area contributed by atoms with Crippen molar-refractivity contribution < 1.29 is 9.53 Å². The van der Waals surface area contributed by atoms with Gasteiger partial charge in [-0.05, 0) is 12.3 Å². The molecule has 0 saturated heterocycles. The summed E-state index contributed by atoms with van der Waals surface area (Å²) < 4.78 is 4.74. The zero-order valence-electron chi connectivity index (χ0n) is 9.19. The van der Waals surface area contributed by atoms with Crippen molar-refractivity contribution in [3.63, 3.8) is 0 Å². The number of esters is 1. The molecule has 84 valence electrons. The molecule has 0 saturated carbocycles. The monoisotopic (exact) mass is 228 g/mol. The lowest BCUT2D eigenvalue weighted by molar-refractivity contribution is -0.141. The van der Waals surface area contributed by atoms with Crippen LogP contribution in [0.3, 0.4) is 0 Å². The quantitative estimate of drug-likeness (QED) is 0.784. The molecule has 0 aromatic carbocycles. The van der Waals surface area contributed by atoms with E-state index in [1.54, 1.807) is 6.20 Å². The minimum Gasteiger partial charge on any atom is -0.467 e. The zero-order valence-corrected chi connectivity index (χ0v) is 10.0. The third-order valence-electron chi connectivity index (χ3n) is 1.92. The Hall–Kier alpha value is -1.10. The highest BCUT2D eigenvalue weighted by molar-refractivity contribution is 7.13. The van der Waals surface area contributed by atoms with Crippen LogP contribution in [0.25, 0.3) is 0 Å². The van der Waals surface area contributed by atoms with Crippen molar-refractivity contribution in [1.82, 2.24) is 4.98 Å². The van der Waals surface area contributed by atoms with Crippen molar-refractivity contribution in [2.24, 2.45) is 5.92 Å². The van der Waals surface area contributed by atoms with Crippen LogP contribution in [-0.2, 0) is 9.53 Å². The number of hydrogen-bond acceptors (Lipinski definition) is 5. The summed E-state index contributed by atoms with van der Waals surface area (Å²) in [5.41, 5.74) is 0. The summed E-state index contributed by atoms with van der Waals surface area (Å²) in [6.07, 6.45) is 2.45. The fraction of sp³-hybridized carbons (Fsp3) is 0.600. The number of nitrogens with zero attached hydrogens (tertiary/aromatic N) is 1. The molecule has 0 fully saturated rings. The second-order valence-electron chi connectivity index (χ2n) is 3.69. The number of carbonyl (C=O) groups is 1. The van der Waals surface area contributed by atoms with Crippen molar-refractivity contribution in [3.05, 3.63) is 11.6 Å². The topological polar surface area (TPSA) is 51.2 Å². The lowest BCUT2D eigenvalue weighted by atomic mass is 10.0. The minimum absolute atomic E-state index is 0.237. The molecule has 1 unspecified atom stereocenters. The Balaban J connectivity index is 2.60. The number of ether oxygens (including phenoxy) is 1. The predicted octanol–water partition coefficient (Wildman–Crippen LogP) is 2.14. The van der Waals surface area contributed by atoms with Gasteiger partial charge in [0.05, 0.1) is 7.11 Å². The van der Waals surface area contributed by atoms with E-state index in [1.165, 1.54) is 18.4 Å². The van der Waals surface area contributed by atoms with Crippen molar-refractivity contribution in [3.8, 4) is 0 Å². The first-order valence-corrected chi connectivity index (χ1v) is 5.75. The van der Waals surface area contributed by atoms with E-state index in [9.17, 15) is 4.79 Å². The Morgan fingerprint density at radius 3 is 2.87 bits per heavy atom. The van der Waals surface area contributed by atoms with Gasteiger partial charge in [-0.15, -0.1) is 11.3 Å². The van der Waals surface area contributed by atoms with Gasteiger partial charge in [-0.1, -0.05) is 13.8 Å². The fourth-order valence-corrected chi connectivity index (χ4v) is 1.85. The largest absolute Gasteiger partial charge is 0.467 e. The summed E-state index contributed by atoms with van der Waals surface area (Å²) in [4.78, 5) is 15.5. The van der Waals surface area contributed by atoms with E-state index >= 15 is 0 Å². The molecular weight excluding hydrogens is 212 g/mol. The molecule has 0 bridgehead atoms. The van der Waals surface area contributed by atoms with Gasteiger partial charge in [-0.25, -0.2) is 9.78 Å². The first-order chi connectivity index (χ1) is 7.13. The van der Waals surface area contributed by atoms with Crippen molar-refractivity contribution in [2.45, 2.75) is 26.3 Å². The molecule has 15 heavy (non-hydrogen) atoms. The minimum atomic E-state index is -0.304. The van der Waals surface area contributed by atoms with Crippen LogP contribution in [0, 0.1) is 5.92 Å². The van der Waals surface area contributed by atoms with Gasteiger partial charge < -0.3 is 10.1 Å². The average Bonchev–Trinajstić information content (AvgIpc) is 2.67. The number of rotatable bonds is 5. The number of anilines is 1. The molecule has 5 heteroatoms. The van der Waals surface area contributed by atoms with Gasteiger partial charge in [0.15, 0.2) is 5.13 Å². The summed E-state index contributed by atoms with van der Waals surface area (Å²) >= 11 is 1.48. The first-order valence-electron chi connectivity index (χ1n) is 4.87. The van der Waals surface area contributed by atoms with E-state index in [-0.39, 0.29) is 12.0 Å². The van der Waals surface area contributed by atoms with Crippen LogP contribution in [0.2, 0.25) is 0 Å². The number of hydrogen-bond donors (Lipinski definition) is 1. The zero-order chi connectivity index (χ0) is 11.3. The van der Waals surface area contributed by atoms with Gasteiger partial charge in [0.2, 0.25) is 0 Å². The summed E-state index contributed by atoms with van der Waals surface area (Å²) in [5.74, 6) is 0.195. The Labute approximate surface area is 93.7 Å². The average molecular weight is 228 g/mol. The Morgan fingerprint density at radius 1 is 1.67 bits per heavy atom. The van der Waals surface area contributed by atoms with E-state index in [0.717, 1.165) is 11.6 Å². The van der Waals surface area contributed by atoms with Crippen molar-refractivity contribution in [1.29, 1.82) is 0 Å². The number of aromatic nitrogens is 1. The van der Waals surface area contributed by atoms with E-state index < -0.39 is 0 Å². The highest BCUT2D eigenvalue weighted by Gasteiger charge is 2.20. The Morgan fingerprint density at radius 2 is 2.40 bits per heavy atom. The molecule has 4 nitrogen and oxygen atoms in total. The van der Waals surface area contributed by atoms with Crippen molar-refractivity contribution in [2.75, 3.05) is 12.4 Å². The molecule has 0 aliphatic rings. The summed E-state index contributed by atoms with van der Waals surface area (Å²) in [5, 5.41) is 5.70. The molecule has 0 spiro atoms. The first kappa shape index (κ1) is 12.0. The standard InChI is InChI=1S/C10H16N2O2S/c1-7(2)6-8(9(13)14-3)12-10-11-4-5-15-10/h4-5,7-8H,6H2,1-3H3,(H,11,12). The number of thiazole rings is 1. The lowest BCUT2D eigenvalue weighted by Crippen LogP contribution is -2.31. The smallest absolute Gasteiger partial charge is 0.328 e. The van der Waals surface area contributed by atoms with Crippen LogP contribution in [0.4, 0.5) is 5.13 Å². The number of nitrogens with one attached hydrogen (secondary N) is 1. The normalized spacial score (nSPS) is 12.5. The van der Waals surface area contributed by atoms with Gasteiger partial charge in [0, 0.05) is 11.6 Å². The fourth-order valence-electron chi connectivity index (χ4n) is 1.27. The lowest BCUT2D eigenvalue weighted by Gasteiger charge is -2.17. The molecular formula is C10H16N2O2S. The van der Waals surface area contributed by atoms with Crippen LogP contribution < -0.4 is 5.32 Å². The highest BCUT2D eigenvalue weighted by atomic mass is 32.1. The molecule has 0 radical (unpaired) electrons. The van der Waals surface area contributed by atoms with E-state index in [4.69, 9.17) is 4.74 Å². The number of carbonyl (C=O) groups excluding carboxylic acids is 1. The second kappa shape index (κ2) is 5.70. The predicted molar refractivity (Wildman–Crippen MR) is 61.0 cm³/mol. The summed E-state index contributed by atoms with van der Waals surface area (Å²) in [6, 6.07) is -0.304. The van der Waals surface area contributed by atoms with Gasteiger partial charge in [-0.3, -0.25) is 0 Å². The van der Waals surface area contributed by atoms with E-state index in [2.05, 4.69) is 24.1 Å². The Bertz CT molecular complexity index is 298. The third kappa shape index (κ3) is 3.87. The van der Waals surface area contributed by atoms with Crippen molar-refractivity contribution >= 4 is 22.4 Å². The maximum atomic E-state index is 11.5. The maximum absolute atomic E-state index is 11.5. The molecule has 1 N–H and O–H groups in total. The van der Waals surface area contributed by atoms with E-state index in [0.29, 0.717) is 5.92 Å². The molecule has 0 aliphatic carbocycles. The van der Waals surface area contributed by atoms with Crippen LogP contribution in [-0.4, -0.2) is 24.1 Å². The van der Waals surface area contributed by atoms with E-state index in [1.807, 2.05) is 5.38 Å². The molecule has 0 aliphatic heterocycles. The molecule has 1 rings (SSSR count). The molecule has 1 aromatic rings. The molecule has 1 heterocycles. The maximum Gasteiger partial charge on any atom is 0.328 e. The highest BCUT2D eigenvalue weighted by Crippen LogP contribution is 2.16. The third-order valence-corrected chi connectivity index (χ3v) is 2.63. The molecule has 1 atom stereocenters. The Kier molecular flexibility index (Phi) is 4.55. The molecule has 0 amide bonds. The van der Waals surface area contributed by atoms with Gasteiger partial charge in [-0.2, -0.15) is 0 Å². The summed E-state index contributed by atoms with van der Waals surface area (Å²) in [7, 11) is 1.40. The second-order valence-corrected chi connectivity index (χ2v) is 4.58.